The van der Waals surface area contributed by atoms with Gasteiger partial charge < -0.3 is 19.9 Å². The van der Waals surface area contributed by atoms with Crippen LogP contribution in [-0.2, 0) is 9.59 Å². The van der Waals surface area contributed by atoms with Crippen molar-refractivity contribution in [2.45, 2.75) is 18.9 Å². The van der Waals surface area contributed by atoms with Crippen LogP contribution in [0, 0.1) is 10.1 Å². The molecule has 1 aromatic rings. The van der Waals surface area contributed by atoms with Gasteiger partial charge >= 0.3 is 11.8 Å². The Morgan fingerprint density at radius 1 is 1.36 bits per heavy atom. The Morgan fingerprint density at radius 3 is 2.56 bits per heavy atom. The molecule has 0 aromatic heterocycles. The van der Waals surface area contributed by atoms with Gasteiger partial charge in [0.2, 0.25) is 0 Å². The molecule has 0 atom stereocenters. The summed E-state index contributed by atoms with van der Waals surface area (Å²) >= 11 is 0. The molecular weight excluding hydrogens is 328 g/mol. The van der Waals surface area contributed by atoms with Gasteiger partial charge in [-0.25, -0.2) is 0 Å². The van der Waals surface area contributed by atoms with Gasteiger partial charge in [0.1, 0.15) is 5.75 Å². The first-order valence-corrected chi connectivity index (χ1v) is 7.92. The maximum absolute atomic E-state index is 12.4. The zero-order chi connectivity index (χ0) is 18.6. The van der Waals surface area contributed by atoms with E-state index in [1.54, 1.807) is 7.05 Å². The van der Waals surface area contributed by atoms with Crippen LogP contribution in [0.1, 0.15) is 12.8 Å². The van der Waals surface area contributed by atoms with Crippen molar-refractivity contribution in [3.63, 3.8) is 0 Å². The number of hydrogen-bond acceptors (Lipinski definition) is 6. The van der Waals surface area contributed by atoms with E-state index in [4.69, 9.17) is 4.74 Å². The standard InChI is InChI=1S/C16H22N4O5/c1-18-8-6-11(7-9-18)19(2)16(22)15(21)17-13-5-4-12(20(23)24)10-14(13)25-3/h4-5,10-11H,6-9H2,1-3H3,(H,17,21). The second-order valence-corrected chi connectivity index (χ2v) is 6.05. The zero-order valence-corrected chi connectivity index (χ0v) is 14.5. The van der Waals surface area contributed by atoms with Crippen LogP contribution >= 0.6 is 0 Å². The summed E-state index contributed by atoms with van der Waals surface area (Å²) in [6.07, 6.45) is 1.62. The molecule has 2 rings (SSSR count). The molecule has 9 nitrogen and oxygen atoms in total. The van der Waals surface area contributed by atoms with Crippen molar-refractivity contribution in [3.8, 4) is 5.75 Å². The predicted octanol–water partition coefficient (Wildman–Crippen LogP) is 1.09. The average Bonchev–Trinajstić information content (AvgIpc) is 2.61. The van der Waals surface area contributed by atoms with Crippen molar-refractivity contribution in [1.82, 2.24) is 9.80 Å². The number of methoxy groups -OCH3 is 1. The Hall–Kier alpha value is -2.68. The quantitative estimate of drug-likeness (QED) is 0.495. The van der Waals surface area contributed by atoms with Crippen LogP contribution in [0.15, 0.2) is 18.2 Å². The van der Waals surface area contributed by atoms with Crippen LogP contribution in [-0.4, -0.2) is 66.9 Å². The fraction of sp³-hybridized carbons (Fsp3) is 0.500. The second kappa shape index (κ2) is 7.93. The van der Waals surface area contributed by atoms with Gasteiger partial charge in [0.25, 0.3) is 5.69 Å². The number of carbonyl (C=O) groups is 2. The number of piperidine rings is 1. The van der Waals surface area contributed by atoms with Gasteiger partial charge in [-0.05, 0) is 39.0 Å². The molecule has 0 radical (unpaired) electrons. The lowest BCUT2D eigenvalue weighted by Gasteiger charge is -2.34. The molecule has 1 heterocycles. The lowest BCUT2D eigenvalue weighted by Crippen LogP contribution is -2.47. The molecule has 9 heteroatoms. The minimum atomic E-state index is -0.798. The Balaban J connectivity index is 2.05. The number of nitro groups is 1. The normalized spacial score (nSPS) is 15.5. The van der Waals surface area contributed by atoms with Gasteiger partial charge in [0.05, 0.1) is 23.8 Å². The monoisotopic (exact) mass is 350 g/mol. The minimum absolute atomic E-state index is 0.0215. The minimum Gasteiger partial charge on any atom is -0.494 e. The van der Waals surface area contributed by atoms with E-state index in [1.807, 2.05) is 7.05 Å². The van der Waals surface area contributed by atoms with Crippen LogP contribution in [0.3, 0.4) is 0 Å². The summed E-state index contributed by atoms with van der Waals surface area (Å²) in [5.41, 5.74) is 0.0489. The lowest BCUT2D eigenvalue weighted by atomic mass is 10.0. The SMILES string of the molecule is COc1cc([N+](=O)[O-])ccc1NC(=O)C(=O)N(C)C1CCN(C)CC1. The van der Waals surface area contributed by atoms with Crippen molar-refractivity contribution in [3.05, 3.63) is 28.3 Å². The van der Waals surface area contributed by atoms with Crippen molar-refractivity contribution in [2.75, 3.05) is 39.6 Å². The van der Waals surface area contributed by atoms with Gasteiger partial charge in [-0.2, -0.15) is 0 Å². The lowest BCUT2D eigenvalue weighted by molar-refractivity contribution is -0.384. The first-order valence-electron chi connectivity index (χ1n) is 7.92. The molecule has 136 valence electrons. The highest BCUT2D eigenvalue weighted by molar-refractivity contribution is 6.39. The molecule has 25 heavy (non-hydrogen) atoms. The molecule has 1 aromatic carbocycles. The predicted molar refractivity (Wildman–Crippen MR) is 91.6 cm³/mol. The molecule has 2 amide bonds. The molecule has 1 N–H and O–H groups in total. The number of hydrogen-bond donors (Lipinski definition) is 1. The summed E-state index contributed by atoms with van der Waals surface area (Å²) in [6.45, 7) is 1.75. The number of carbonyl (C=O) groups excluding carboxylic acids is 2. The first-order chi connectivity index (χ1) is 11.8. The van der Waals surface area contributed by atoms with Gasteiger partial charge in [0.15, 0.2) is 0 Å². The summed E-state index contributed by atoms with van der Waals surface area (Å²) in [6, 6.07) is 3.80. The Kier molecular flexibility index (Phi) is 5.92. The molecule has 0 unspecified atom stereocenters. The third-order valence-electron chi connectivity index (χ3n) is 4.39. The van der Waals surface area contributed by atoms with Gasteiger partial charge in [-0.1, -0.05) is 0 Å². The molecule has 1 aliphatic rings. The number of ether oxygens (including phenoxy) is 1. The largest absolute Gasteiger partial charge is 0.494 e. The summed E-state index contributed by atoms with van der Waals surface area (Å²) in [4.78, 5) is 38.5. The van der Waals surface area contributed by atoms with Crippen molar-refractivity contribution in [1.29, 1.82) is 0 Å². The van der Waals surface area contributed by atoms with Crippen molar-refractivity contribution >= 4 is 23.2 Å². The van der Waals surface area contributed by atoms with E-state index in [1.165, 1.54) is 30.2 Å². The third-order valence-corrected chi connectivity index (χ3v) is 4.39. The van der Waals surface area contributed by atoms with Gasteiger partial charge in [-0.15, -0.1) is 0 Å². The number of nitrogens with one attached hydrogen (secondary N) is 1. The van der Waals surface area contributed by atoms with Crippen LogP contribution in [0.2, 0.25) is 0 Å². The number of nitro benzene ring substituents is 1. The van der Waals surface area contributed by atoms with E-state index >= 15 is 0 Å². The maximum atomic E-state index is 12.4. The highest BCUT2D eigenvalue weighted by atomic mass is 16.6. The van der Waals surface area contributed by atoms with E-state index in [-0.39, 0.29) is 23.2 Å². The molecule has 0 spiro atoms. The van der Waals surface area contributed by atoms with E-state index < -0.39 is 16.7 Å². The Labute approximate surface area is 145 Å². The van der Waals surface area contributed by atoms with Crippen molar-refractivity contribution in [2.24, 2.45) is 0 Å². The average molecular weight is 350 g/mol. The molecule has 0 saturated carbocycles. The van der Waals surface area contributed by atoms with E-state index in [0.717, 1.165) is 25.9 Å². The number of amides is 2. The zero-order valence-electron chi connectivity index (χ0n) is 14.5. The highest BCUT2D eigenvalue weighted by Crippen LogP contribution is 2.29. The fourth-order valence-corrected chi connectivity index (χ4v) is 2.78. The van der Waals surface area contributed by atoms with Gasteiger partial charge in [0, 0.05) is 19.2 Å². The Morgan fingerprint density at radius 2 is 2.00 bits per heavy atom. The highest BCUT2D eigenvalue weighted by Gasteiger charge is 2.28. The Bertz CT molecular complexity index is 670. The maximum Gasteiger partial charge on any atom is 0.314 e. The molecule has 1 aliphatic heterocycles. The topological polar surface area (TPSA) is 105 Å². The number of benzene rings is 1. The van der Waals surface area contributed by atoms with E-state index in [0.29, 0.717) is 0 Å². The van der Waals surface area contributed by atoms with Crippen LogP contribution in [0.5, 0.6) is 5.75 Å². The number of rotatable bonds is 4. The van der Waals surface area contributed by atoms with Crippen LogP contribution in [0.25, 0.3) is 0 Å². The summed E-state index contributed by atoms with van der Waals surface area (Å²) in [7, 11) is 4.97. The second-order valence-electron chi connectivity index (χ2n) is 6.05. The third kappa shape index (κ3) is 4.44. The number of non-ortho nitro benzene ring substituents is 1. The first kappa shape index (κ1) is 18.7. The van der Waals surface area contributed by atoms with E-state index in [2.05, 4.69) is 10.2 Å². The summed E-state index contributed by atoms with van der Waals surface area (Å²) in [5.74, 6) is -1.32. The molecule has 0 aliphatic carbocycles. The van der Waals surface area contributed by atoms with Crippen LogP contribution in [0.4, 0.5) is 11.4 Å². The number of likely N-dealkylation sites (N-methyl/N-ethyl adjacent to an activating group) is 1. The number of likely N-dealkylation sites (tertiary alicyclic amines) is 1. The van der Waals surface area contributed by atoms with Crippen LogP contribution < -0.4 is 10.1 Å². The van der Waals surface area contributed by atoms with Gasteiger partial charge in [-0.3, -0.25) is 19.7 Å². The smallest absolute Gasteiger partial charge is 0.314 e. The summed E-state index contributed by atoms with van der Waals surface area (Å²) < 4.78 is 5.06. The molecule has 1 saturated heterocycles. The molecule has 1 fully saturated rings. The van der Waals surface area contributed by atoms with E-state index in [9.17, 15) is 19.7 Å². The molecular formula is C16H22N4O5. The summed E-state index contributed by atoms with van der Waals surface area (Å²) in [5, 5.41) is 13.3. The number of anilines is 1. The van der Waals surface area contributed by atoms with Crippen molar-refractivity contribution < 1.29 is 19.2 Å². The fourth-order valence-electron chi connectivity index (χ4n) is 2.78. The number of nitrogens with zero attached hydrogens (tertiary/aromatic N) is 3. The molecule has 0 bridgehead atoms.